The van der Waals surface area contributed by atoms with E-state index >= 15 is 0 Å². The maximum atomic E-state index is 11.8. The van der Waals surface area contributed by atoms with Gasteiger partial charge in [0.25, 0.3) is 5.91 Å². The lowest BCUT2D eigenvalue weighted by atomic mass is 9.98. The molecule has 0 aromatic carbocycles. The van der Waals surface area contributed by atoms with Gasteiger partial charge >= 0.3 is 0 Å². The highest BCUT2D eigenvalue weighted by atomic mass is 16.5. The van der Waals surface area contributed by atoms with Gasteiger partial charge in [-0.2, -0.15) is 5.26 Å². The third-order valence-corrected chi connectivity index (χ3v) is 2.97. The quantitative estimate of drug-likeness (QED) is 0.422. The molecule has 1 aliphatic rings. The summed E-state index contributed by atoms with van der Waals surface area (Å²) >= 11 is 0. The standard InChI is InChI=1S/C12H18N2O3/c1-2-17-8-10(7-13)11(16)14-12(9-15)5-3-4-6-12/h8,15H,2-6,9H2,1H3,(H,14,16)/b10-8-. The highest BCUT2D eigenvalue weighted by molar-refractivity contribution is 5.97. The number of aliphatic hydroxyl groups is 1. The summed E-state index contributed by atoms with van der Waals surface area (Å²) in [5.74, 6) is -0.475. The predicted molar refractivity (Wildman–Crippen MR) is 61.7 cm³/mol. The minimum atomic E-state index is -0.556. The number of carbonyl (C=O) groups excluding carboxylic acids is 1. The SMILES string of the molecule is CCO/C=C(/C#N)C(=O)NC1(CO)CCCC1. The van der Waals surface area contributed by atoms with Crippen molar-refractivity contribution in [1.82, 2.24) is 5.32 Å². The minimum absolute atomic E-state index is 0.0634. The number of amides is 1. The molecule has 0 atom stereocenters. The van der Waals surface area contributed by atoms with Crippen molar-refractivity contribution < 1.29 is 14.6 Å². The van der Waals surface area contributed by atoms with E-state index < -0.39 is 11.4 Å². The van der Waals surface area contributed by atoms with E-state index in [0.29, 0.717) is 6.61 Å². The number of hydrogen-bond donors (Lipinski definition) is 2. The Morgan fingerprint density at radius 3 is 2.71 bits per heavy atom. The molecule has 2 N–H and O–H groups in total. The van der Waals surface area contributed by atoms with E-state index in [1.807, 2.05) is 0 Å². The van der Waals surface area contributed by atoms with E-state index in [0.717, 1.165) is 31.9 Å². The zero-order valence-electron chi connectivity index (χ0n) is 10.0. The van der Waals surface area contributed by atoms with Gasteiger partial charge in [0.15, 0.2) is 5.57 Å². The summed E-state index contributed by atoms with van der Waals surface area (Å²) in [4.78, 5) is 11.8. The molecule has 1 aliphatic carbocycles. The first kappa shape index (κ1) is 13.5. The number of carbonyl (C=O) groups is 1. The normalized spacial score (nSPS) is 18.5. The average Bonchev–Trinajstić information content (AvgIpc) is 2.79. The van der Waals surface area contributed by atoms with Crippen molar-refractivity contribution in [2.75, 3.05) is 13.2 Å². The van der Waals surface area contributed by atoms with Crippen molar-refractivity contribution in [2.24, 2.45) is 0 Å². The molecular weight excluding hydrogens is 220 g/mol. The zero-order chi connectivity index (χ0) is 12.7. The highest BCUT2D eigenvalue weighted by Gasteiger charge is 2.35. The van der Waals surface area contributed by atoms with Gasteiger partial charge in [0, 0.05) is 0 Å². The Balaban J connectivity index is 2.67. The molecule has 5 nitrogen and oxygen atoms in total. The fourth-order valence-electron chi connectivity index (χ4n) is 1.98. The lowest BCUT2D eigenvalue weighted by Crippen LogP contribution is -2.49. The summed E-state index contributed by atoms with van der Waals surface area (Å²) in [5.41, 5.74) is -0.620. The third-order valence-electron chi connectivity index (χ3n) is 2.97. The number of hydrogen-bond acceptors (Lipinski definition) is 4. The summed E-state index contributed by atoms with van der Waals surface area (Å²) in [6.45, 7) is 2.09. The highest BCUT2D eigenvalue weighted by Crippen LogP contribution is 2.29. The minimum Gasteiger partial charge on any atom is -0.500 e. The van der Waals surface area contributed by atoms with Gasteiger partial charge in [-0.15, -0.1) is 0 Å². The number of nitriles is 1. The number of rotatable bonds is 5. The van der Waals surface area contributed by atoms with Crippen molar-refractivity contribution in [3.8, 4) is 6.07 Å². The number of ether oxygens (including phenoxy) is 1. The molecule has 1 fully saturated rings. The Kier molecular flexibility index (Phi) is 4.98. The van der Waals surface area contributed by atoms with Crippen LogP contribution in [-0.2, 0) is 9.53 Å². The Morgan fingerprint density at radius 2 is 2.24 bits per heavy atom. The molecule has 0 bridgehead atoms. The van der Waals surface area contributed by atoms with Crippen LogP contribution in [0.15, 0.2) is 11.8 Å². The zero-order valence-corrected chi connectivity index (χ0v) is 10.0. The first-order valence-corrected chi connectivity index (χ1v) is 5.82. The van der Waals surface area contributed by atoms with Gasteiger partial charge in [0.2, 0.25) is 0 Å². The maximum Gasteiger partial charge on any atom is 0.265 e. The molecule has 0 aromatic heterocycles. The fraction of sp³-hybridized carbons (Fsp3) is 0.667. The monoisotopic (exact) mass is 238 g/mol. The van der Waals surface area contributed by atoms with Crippen molar-refractivity contribution in [2.45, 2.75) is 38.1 Å². The molecule has 0 aliphatic heterocycles. The van der Waals surface area contributed by atoms with Gasteiger partial charge < -0.3 is 15.2 Å². The van der Waals surface area contributed by atoms with Crippen molar-refractivity contribution in [1.29, 1.82) is 5.26 Å². The van der Waals surface area contributed by atoms with E-state index in [9.17, 15) is 9.90 Å². The molecule has 94 valence electrons. The lowest BCUT2D eigenvalue weighted by Gasteiger charge is -2.27. The number of nitrogens with zero attached hydrogens (tertiary/aromatic N) is 1. The molecular formula is C12H18N2O3. The third kappa shape index (κ3) is 3.46. The molecule has 17 heavy (non-hydrogen) atoms. The van der Waals surface area contributed by atoms with Crippen LogP contribution in [0, 0.1) is 11.3 Å². The molecule has 1 amide bonds. The van der Waals surface area contributed by atoms with Gasteiger partial charge in [-0.1, -0.05) is 12.8 Å². The fourth-order valence-corrected chi connectivity index (χ4v) is 1.98. The van der Waals surface area contributed by atoms with Crippen molar-refractivity contribution >= 4 is 5.91 Å². The molecule has 1 rings (SSSR count). The Labute approximate surface area is 101 Å². The molecule has 0 saturated heterocycles. The largest absolute Gasteiger partial charge is 0.500 e. The molecule has 0 heterocycles. The van der Waals surface area contributed by atoms with E-state index in [-0.39, 0.29) is 12.2 Å². The van der Waals surface area contributed by atoms with Gasteiger partial charge in [0.05, 0.1) is 18.8 Å². The van der Waals surface area contributed by atoms with Crippen LogP contribution in [0.25, 0.3) is 0 Å². The number of nitrogens with one attached hydrogen (secondary N) is 1. The van der Waals surface area contributed by atoms with Gasteiger partial charge in [-0.3, -0.25) is 4.79 Å². The molecule has 0 aromatic rings. The summed E-state index contributed by atoms with van der Waals surface area (Å²) in [5, 5.41) is 20.9. The molecule has 0 unspecified atom stereocenters. The Morgan fingerprint density at radius 1 is 1.59 bits per heavy atom. The summed E-state index contributed by atoms with van der Waals surface area (Å²) < 4.78 is 4.93. The summed E-state index contributed by atoms with van der Waals surface area (Å²) in [6, 6.07) is 1.79. The summed E-state index contributed by atoms with van der Waals surface area (Å²) in [7, 11) is 0. The number of aliphatic hydroxyl groups excluding tert-OH is 1. The summed E-state index contributed by atoms with van der Waals surface area (Å²) in [6.07, 6.45) is 4.64. The van der Waals surface area contributed by atoms with Gasteiger partial charge in [-0.25, -0.2) is 0 Å². The van der Waals surface area contributed by atoms with E-state index in [4.69, 9.17) is 10.00 Å². The van der Waals surface area contributed by atoms with Crippen molar-refractivity contribution in [3.05, 3.63) is 11.8 Å². The van der Waals surface area contributed by atoms with Crippen LogP contribution in [0.4, 0.5) is 0 Å². The van der Waals surface area contributed by atoms with Crippen LogP contribution in [0.5, 0.6) is 0 Å². The van der Waals surface area contributed by atoms with Gasteiger partial charge in [0.1, 0.15) is 12.3 Å². The van der Waals surface area contributed by atoms with Crippen LogP contribution >= 0.6 is 0 Å². The van der Waals surface area contributed by atoms with Gasteiger partial charge in [-0.05, 0) is 19.8 Å². The maximum absolute atomic E-state index is 11.8. The van der Waals surface area contributed by atoms with Crippen LogP contribution in [0.2, 0.25) is 0 Å². The molecule has 0 radical (unpaired) electrons. The Bertz CT molecular complexity index is 338. The average molecular weight is 238 g/mol. The Hall–Kier alpha value is -1.54. The topological polar surface area (TPSA) is 82.3 Å². The molecule has 5 heteroatoms. The second-order valence-corrected chi connectivity index (χ2v) is 4.20. The molecule has 0 spiro atoms. The van der Waals surface area contributed by atoms with E-state index in [1.54, 1.807) is 13.0 Å². The van der Waals surface area contributed by atoms with Crippen molar-refractivity contribution in [3.63, 3.8) is 0 Å². The van der Waals surface area contributed by atoms with E-state index in [1.165, 1.54) is 0 Å². The van der Waals surface area contributed by atoms with E-state index in [2.05, 4.69) is 5.32 Å². The second kappa shape index (κ2) is 6.26. The van der Waals surface area contributed by atoms with Crippen LogP contribution in [0.3, 0.4) is 0 Å². The smallest absolute Gasteiger partial charge is 0.265 e. The molecule has 1 saturated carbocycles. The lowest BCUT2D eigenvalue weighted by molar-refractivity contribution is -0.119. The first-order valence-electron chi connectivity index (χ1n) is 5.82. The predicted octanol–water partition coefficient (Wildman–Crippen LogP) is 0.852. The van der Waals surface area contributed by atoms with Crippen LogP contribution in [0.1, 0.15) is 32.6 Å². The van der Waals surface area contributed by atoms with Crippen LogP contribution < -0.4 is 5.32 Å². The first-order chi connectivity index (χ1) is 8.17. The second-order valence-electron chi connectivity index (χ2n) is 4.20. The van der Waals surface area contributed by atoms with Crippen LogP contribution in [-0.4, -0.2) is 29.8 Å².